The summed E-state index contributed by atoms with van der Waals surface area (Å²) < 4.78 is 26.3. The van der Waals surface area contributed by atoms with Gasteiger partial charge in [0.05, 0.1) is 29.2 Å². The van der Waals surface area contributed by atoms with Gasteiger partial charge < -0.3 is 14.6 Å². The molecule has 4 rings (SSSR count). The van der Waals surface area contributed by atoms with Crippen molar-refractivity contribution in [3.63, 3.8) is 0 Å². The van der Waals surface area contributed by atoms with Crippen LogP contribution in [0.5, 0.6) is 5.75 Å². The molecule has 182 valence electrons. The molecule has 0 saturated heterocycles. The van der Waals surface area contributed by atoms with Crippen molar-refractivity contribution in [2.45, 2.75) is 47.8 Å². The number of rotatable bonds is 7. The van der Waals surface area contributed by atoms with Crippen molar-refractivity contribution < 1.29 is 18.4 Å². The normalized spacial score (nSPS) is 11.1. The molecule has 1 amide bonds. The summed E-state index contributed by atoms with van der Waals surface area (Å²) in [6.07, 6.45) is 0. The van der Waals surface area contributed by atoms with Gasteiger partial charge in [0.25, 0.3) is 5.91 Å². The summed E-state index contributed by atoms with van der Waals surface area (Å²) in [5.74, 6) is 0.382. The van der Waals surface area contributed by atoms with Crippen molar-refractivity contribution >= 4 is 23.2 Å². The monoisotopic (exact) mass is 496 g/mol. The quantitative estimate of drug-likeness (QED) is 0.335. The van der Waals surface area contributed by atoms with Crippen LogP contribution < -0.4 is 10.1 Å². The smallest absolute Gasteiger partial charge is 0.278 e. The van der Waals surface area contributed by atoms with Crippen LogP contribution in [0.2, 0.25) is 5.02 Å². The first kappa shape index (κ1) is 24.5. The number of nitrogens with one attached hydrogen (secondary N) is 1. The number of carbonyl (C=O) groups is 1. The van der Waals surface area contributed by atoms with Gasteiger partial charge in [-0.15, -0.1) is 0 Å². The van der Waals surface area contributed by atoms with E-state index in [1.54, 1.807) is 24.6 Å². The summed E-state index contributed by atoms with van der Waals surface area (Å²) in [6.45, 7) is 9.89. The minimum absolute atomic E-state index is 0.140. The van der Waals surface area contributed by atoms with E-state index < -0.39 is 11.7 Å². The molecule has 2 aromatic carbocycles. The number of halogens is 2. The number of amides is 1. The number of hydrogen-bond donors (Lipinski definition) is 1. The topological polar surface area (TPSA) is 82.2 Å². The van der Waals surface area contributed by atoms with Crippen molar-refractivity contribution in [3.05, 3.63) is 92.3 Å². The number of benzene rings is 2. The van der Waals surface area contributed by atoms with E-state index in [0.717, 1.165) is 16.8 Å². The average Bonchev–Trinajstić information content (AvgIpc) is 3.30. The molecular weight excluding hydrogens is 471 g/mol. The Hall–Kier alpha value is -3.65. The van der Waals surface area contributed by atoms with Crippen LogP contribution in [0.3, 0.4) is 0 Å². The van der Waals surface area contributed by atoms with Gasteiger partial charge in [0.1, 0.15) is 23.9 Å². The van der Waals surface area contributed by atoms with Crippen LogP contribution in [0.15, 0.2) is 40.9 Å². The maximum Gasteiger partial charge on any atom is 0.278 e. The number of nitrogens with zero attached hydrogens (tertiary/aromatic N) is 3. The van der Waals surface area contributed by atoms with E-state index in [-0.39, 0.29) is 12.3 Å². The summed E-state index contributed by atoms with van der Waals surface area (Å²) >= 11 is 6.17. The molecule has 0 fully saturated rings. The summed E-state index contributed by atoms with van der Waals surface area (Å²) in [4.78, 5) is 13.1. The van der Waals surface area contributed by atoms with Gasteiger partial charge in [-0.05, 0) is 75.6 Å². The fourth-order valence-corrected chi connectivity index (χ4v) is 3.94. The van der Waals surface area contributed by atoms with Gasteiger partial charge in [-0.3, -0.25) is 9.48 Å². The van der Waals surface area contributed by atoms with E-state index in [0.29, 0.717) is 40.0 Å². The molecule has 0 spiro atoms. The van der Waals surface area contributed by atoms with Crippen molar-refractivity contribution in [3.8, 4) is 5.75 Å². The molecule has 7 nitrogen and oxygen atoms in total. The van der Waals surface area contributed by atoms with Crippen LogP contribution in [0, 0.1) is 40.4 Å². The van der Waals surface area contributed by atoms with Gasteiger partial charge in [-0.1, -0.05) is 28.9 Å². The number of aromatic nitrogens is 3. The van der Waals surface area contributed by atoms with Crippen LogP contribution in [-0.2, 0) is 13.2 Å². The van der Waals surface area contributed by atoms with E-state index in [4.69, 9.17) is 20.9 Å². The Morgan fingerprint density at radius 1 is 1.11 bits per heavy atom. The molecule has 0 bridgehead atoms. The number of carbonyl (C=O) groups excluding carboxylic acids is 1. The van der Waals surface area contributed by atoms with Crippen molar-refractivity contribution in [2.24, 2.45) is 0 Å². The third kappa shape index (κ3) is 5.22. The first-order valence-corrected chi connectivity index (χ1v) is 11.5. The summed E-state index contributed by atoms with van der Waals surface area (Å²) in [5, 5.41) is 11.7. The lowest BCUT2D eigenvalue weighted by Crippen LogP contribution is -2.16. The lowest BCUT2D eigenvalue weighted by Gasteiger charge is -2.10. The minimum Gasteiger partial charge on any atom is -0.489 e. The lowest BCUT2D eigenvalue weighted by atomic mass is 10.1. The summed E-state index contributed by atoms with van der Waals surface area (Å²) in [6, 6.07) is 10.1. The maximum atomic E-state index is 13.4. The largest absolute Gasteiger partial charge is 0.489 e. The second-order valence-electron chi connectivity index (χ2n) is 8.49. The highest BCUT2D eigenvalue weighted by Crippen LogP contribution is 2.25. The molecule has 35 heavy (non-hydrogen) atoms. The molecule has 0 aliphatic carbocycles. The van der Waals surface area contributed by atoms with Gasteiger partial charge in [0, 0.05) is 5.02 Å². The van der Waals surface area contributed by atoms with Crippen LogP contribution in [-0.4, -0.2) is 20.8 Å². The third-order valence-corrected chi connectivity index (χ3v) is 6.37. The molecule has 4 aromatic rings. The van der Waals surface area contributed by atoms with Gasteiger partial charge in [0.2, 0.25) is 0 Å². The Labute approximate surface area is 207 Å². The summed E-state index contributed by atoms with van der Waals surface area (Å²) in [7, 11) is 0. The highest BCUT2D eigenvalue weighted by atomic mass is 35.5. The van der Waals surface area contributed by atoms with Crippen LogP contribution in [0.1, 0.15) is 49.9 Å². The Bertz CT molecular complexity index is 1410. The van der Waals surface area contributed by atoms with Crippen LogP contribution in [0.25, 0.3) is 0 Å². The highest BCUT2D eigenvalue weighted by molar-refractivity contribution is 6.31. The molecule has 1 N–H and O–H groups in total. The average molecular weight is 497 g/mol. The molecule has 0 aliphatic rings. The van der Waals surface area contributed by atoms with Crippen LogP contribution in [0.4, 0.5) is 10.1 Å². The molecule has 0 atom stereocenters. The fraction of sp³-hybridized carbons (Fsp3) is 0.269. The van der Waals surface area contributed by atoms with Crippen molar-refractivity contribution in [1.82, 2.24) is 14.9 Å². The van der Waals surface area contributed by atoms with E-state index >= 15 is 0 Å². The zero-order valence-electron chi connectivity index (χ0n) is 20.2. The SMILES string of the molecule is Cc1ccc(OCc2c(C(=O)Nc3c(C)nn(Cc4ccc(F)cc4Cl)c3C)noc2C)cc1C. The van der Waals surface area contributed by atoms with E-state index in [9.17, 15) is 9.18 Å². The molecule has 0 radical (unpaired) electrons. The zero-order chi connectivity index (χ0) is 25.3. The molecule has 0 aliphatic heterocycles. The Kier molecular flexibility index (Phi) is 6.93. The first-order valence-electron chi connectivity index (χ1n) is 11.1. The Morgan fingerprint density at radius 3 is 2.60 bits per heavy atom. The minimum atomic E-state index is -0.425. The Balaban J connectivity index is 1.52. The highest BCUT2D eigenvalue weighted by Gasteiger charge is 2.23. The van der Waals surface area contributed by atoms with Gasteiger partial charge in [0.15, 0.2) is 5.69 Å². The number of ether oxygens (including phenoxy) is 1. The fourth-order valence-electron chi connectivity index (χ4n) is 3.71. The van der Waals surface area contributed by atoms with Crippen LogP contribution >= 0.6 is 11.6 Å². The molecule has 2 aromatic heterocycles. The molecular formula is C26H26ClFN4O3. The number of aryl methyl sites for hydroxylation is 4. The van der Waals surface area contributed by atoms with Gasteiger partial charge >= 0.3 is 0 Å². The molecule has 2 heterocycles. The molecule has 0 unspecified atom stereocenters. The number of hydrogen-bond acceptors (Lipinski definition) is 5. The van der Waals surface area contributed by atoms with Gasteiger partial charge in [-0.2, -0.15) is 5.10 Å². The van der Waals surface area contributed by atoms with Crippen molar-refractivity contribution in [1.29, 1.82) is 0 Å². The van der Waals surface area contributed by atoms with E-state index in [1.807, 2.05) is 39.0 Å². The number of anilines is 1. The predicted molar refractivity (Wildman–Crippen MR) is 132 cm³/mol. The predicted octanol–water partition coefficient (Wildman–Crippen LogP) is 6.09. The van der Waals surface area contributed by atoms with E-state index in [1.165, 1.54) is 17.7 Å². The second kappa shape index (κ2) is 9.92. The maximum absolute atomic E-state index is 13.4. The van der Waals surface area contributed by atoms with Gasteiger partial charge in [-0.25, -0.2) is 4.39 Å². The molecule has 9 heteroatoms. The first-order chi connectivity index (χ1) is 16.6. The summed E-state index contributed by atoms with van der Waals surface area (Å²) in [5.41, 5.74) is 5.65. The standard InChI is InChI=1S/C26H26ClFN4O3/c1-14-6-9-21(10-15(14)2)34-13-22-18(5)35-31-25(22)26(33)29-24-16(3)30-32(17(24)4)12-19-7-8-20(28)11-23(19)27/h6-11H,12-13H2,1-5H3,(H,29,33). The van der Waals surface area contributed by atoms with Crippen molar-refractivity contribution in [2.75, 3.05) is 5.32 Å². The van der Waals surface area contributed by atoms with E-state index in [2.05, 4.69) is 15.6 Å². The Morgan fingerprint density at radius 2 is 1.89 bits per heavy atom. The lowest BCUT2D eigenvalue weighted by molar-refractivity contribution is 0.101. The second-order valence-corrected chi connectivity index (χ2v) is 8.90. The zero-order valence-corrected chi connectivity index (χ0v) is 21.0. The third-order valence-electron chi connectivity index (χ3n) is 6.02. The molecule has 0 saturated carbocycles.